The summed E-state index contributed by atoms with van der Waals surface area (Å²) in [5.74, 6) is 1.27. The quantitative estimate of drug-likeness (QED) is 0.767. The van der Waals surface area contributed by atoms with Crippen molar-refractivity contribution in [2.75, 3.05) is 14.2 Å². The summed E-state index contributed by atoms with van der Waals surface area (Å²) in [6.07, 6.45) is 0. The molecule has 0 unspecified atom stereocenters. The average Bonchev–Trinajstić information content (AvgIpc) is 3.02. The fourth-order valence-electron chi connectivity index (χ4n) is 2.91. The number of aromatic amines is 1. The molecule has 0 fully saturated rings. The zero-order valence-corrected chi connectivity index (χ0v) is 15.8. The molecule has 1 heterocycles. The SMILES string of the molecule is COc1ccc(-c2cc(=O)[nH]n2-c2ccc(C(C)(C)C)cc2)cc1OC. The van der Waals surface area contributed by atoms with E-state index in [2.05, 4.69) is 38.0 Å². The molecule has 5 heteroatoms. The zero-order valence-electron chi connectivity index (χ0n) is 15.8. The highest BCUT2D eigenvalue weighted by Gasteiger charge is 2.15. The second-order valence-electron chi connectivity index (χ2n) is 7.21. The summed E-state index contributed by atoms with van der Waals surface area (Å²) in [5, 5.41) is 2.87. The van der Waals surface area contributed by atoms with Crippen molar-refractivity contribution in [1.82, 2.24) is 9.78 Å². The van der Waals surface area contributed by atoms with Gasteiger partial charge in [0.25, 0.3) is 5.56 Å². The summed E-state index contributed by atoms with van der Waals surface area (Å²) in [7, 11) is 3.19. The van der Waals surface area contributed by atoms with Gasteiger partial charge in [0.2, 0.25) is 0 Å². The predicted molar refractivity (Wildman–Crippen MR) is 104 cm³/mol. The van der Waals surface area contributed by atoms with Crippen LogP contribution in [-0.2, 0) is 5.41 Å². The molecule has 1 aromatic heterocycles. The first-order valence-corrected chi connectivity index (χ1v) is 8.49. The smallest absolute Gasteiger partial charge is 0.265 e. The van der Waals surface area contributed by atoms with Gasteiger partial charge in [0.1, 0.15) is 0 Å². The van der Waals surface area contributed by atoms with Crippen LogP contribution in [0.2, 0.25) is 0 Å². The topological polar surface area (TPSA) is 56.2 Å². The Hall–Kier alpha value is -2.95. The van der Waals surface area contributed by atoms with Crippen molar-refractivity contribution in [2.24, 2.45) is 0 Å². The number of hydrogen-bond donors (Lipinski definition) is 1. The van der Waals surface area contributed by atoms with Crippen LogP contribution < -0.4 is 15.0 Å². The molecule has 0 aliphatic heterocycles. The molecule has 26 heavy (non-hydrogen) atoms. The summed E-state index contributed by atoms with van der Waals surface area (Å²) < 4.78 is 12.5. The summed E-state index contributed by atoms with van der Waals surface area (Å²) in [6.45, 7) is 6.53. The van der Waals surface area contributed by atoms with Gasteiger partial charge in [-0.25, -0.2) is 0 Å². The Bertz CT molecular complexity index is 960. The number of nitrogens with zero attached hydrogens (tertiary/aromatic N) is 1. The minimum atomic E-state index is -0.158. The molecule has 0 radical (unpaired) electrons. The van der Waals surface area contributed by atoms with Crippen molar-refractivity contribution in [1.29, 1.82) is 0 Å². The van der Waals surface area contributed by atoms with Gasteiger partial charge in [-0.2, -0.15) is 0 Å². The number of hydrogen-bond acceptors (Lipinski definition) is 3. The van der Waals surface area contributed by atoms with Gasteiger partial charge < -0.3 is 9.47 Å². The van der Waals surface area contributed by atoms with E-state index in [1.54, 1.807) is 25.0 Å². The number of H-pyrrole nitrogens is 1. The van der Waals surface area contributed by atoms with E-state index in [1.807, 2.05) is 30.3 Å². The summed E-state index contributed by atoms with van der Waals surface area (Å²) in [6, 6.07) is 15.4. The Kier molecular flexibility index (Phi) is 4.64. The van der Waals surface area contributed by atoms with Gasteiger partial charge in [-0.3, -0.25) is 14.6 Å². The third-order valence-corrected chi connectivity index (χ3v) is 4.40. The van der Waals surface area contributed by atoms with E-state index < -0.39 is 0 Å². The molecule has 0 atom stereocenters. The van der Waals surface area contributed by atoms with Crippen LogP contribution in [-0.4, -0.2) is 24.0 Å². The zero-order chi connectivity index (χ0) is 18.9. The molecule has 1 N–H and O–H groups in total. The van der Waals surface area contributed by atoms with Crippen molar-refractivity contribution in [2.45, 2.75) is 26.2 Å². The second kappa shape index (κ2) is 6.75. The molecule has 0 saturated heterocycles. The van der Waals surface area contributed by atoms with Gasteiger partial charge in [-0.15, -0.1) is 0 Å². The maximum absolute atomic E-state index is 12.0. The summed E-state index contributed by atoms with van der Waals surface area (Å²) in [5.41, 5.74) is 3.68. The second-order valence-corrected chi connectivity index (χ2v) is 7.21. The van der Waals surface area contributed by atoms with Crippen molar-refractivity contribution >= 4 is 0 Å². The van der Waals surface area contributed by atoms with E-state index in [0.29, 0.717) is 11.5 Å². The van der Waals surface area contributed by atoms with Crippen LogP contribution >= 0.6 is 0 Å². The van der Waals surface area contributed by atoms with Crippen LogP contribution in [0.3, 0.4) is 0 Å². The van der Waals surface area contributed by atoms with Crippen molar-refractivity contribution in [3.63, 3.8) is 0 Å². The Morgan fingerprint density at radius 1 is 0.885 bits per heavy atom. The van der Waals surface area contributed by atoms with Crippen LogP contribution in [0.1, 0.15) is 26.3 Å². The lowest BCUT2D eigenvalue weighted by molar-refractivity contribution is 0.355. The molecule has 5 nitrogen and oxygen atoms in total. The minimum Gasteiger partial charge on any atom is -0.493 e. The predicted octanol–water partition coefficient (Wildman–Crippen LogP) is 4.15. The van der Waals surface area contributed by atoms with Gasteiger partial charge in [0.15, 0.2) is 11.5 Å². The third kappa shape index (κ3) is 3.38. The van der Waals surface area contributed by atoms with Gasteiger partial charge in [0, 0.05) is 11.6 Å². The van der Waals surface area contributed by atoms with Gasteiger partial charge in [-0.1, -0.05) is 32.9 Å². The Morgan fingerprint density at radius 2 is 1.54 bits per heavy atom. The highest BCUT2D eigenvalue weighted by atomic mass is 16.5. The van der Waals surface area contributed by atoms with Crippen LogP contribution in [0.4, 0.5) is 0 Å². The van der Waals surface area contributed by atoms with Crippen molar-refractivity contribution < 1.29 is 9.47 Å². The minimum absolute atomic E-state index is 0.0782. The monoisotopic (exact) mass is 352 g/mol. The Labute approximate surface area is 153 Å². The lowest BCUT2D eigenvalue weighted by Gasteiger charge is -2.19. The maximum atomic E-state index is 12.0. The molecule has 2 aromatic carbocycles. The molecule has 0 aliphatic rings. The first-order valence-electron chi connectivity index (χ1n) is 8.49. The highest BCUT2D eigenvalue weighted by molar-refractivity contribution is 5.66. The normalized spacial score (nSPS) is 11.4. The molecule has 0 saturated carbocycles. The van der Waals surface area contributed by atoms with E-state index in [1.165, 1.54) is 5.56 Å². The van der Waals surface area contributed by atoms with Crippen LogP contribution in [0, 0.1) is 0 Å². The van der Waals surface area contributed by atoms with Crippen LogP contribution in [0.5, 0.6) is 11.5 Å². The molecular weight excluding hydrogens is 328 g/mol. The van der Waals surface area contributed by atoms with E-state index in [-0.39, 0.29) is 11.0 Å². The van der Waals surface area contributed by atoms with Crippen molar-refractivity contribution in [3.05, 3.63) is 64.4 Å². The van der Waals surface area contributed by atoms with Gasteiger partial charge >= 0.3 is 0 Å². The van der Waals surface area contributed by atoms with E-state index >= 15 is 0 Å². The molecule has 0 spiro atoms. The van der Waals surface area contributed by atoms with Gasteiger partial charge in [0.05, 0.1) is 25.6 Å². The maximum Gasteiger partial charge on any atom is 0.265 e. The third-order valence-electron chi connectivity index (χ3n) is 4.40. The number of benzene rings is 2. The number of ether oxygens (including phenoxy) is 2. The molecule has 0 bridgehead atoms. The molecule has 0 aliphatic carbocycles. The largest absolute Gasteiger partial charge is 0.493 e. The highest BCUT2D eigenvalue weighted by Crippen LogP contribution is 2.32. The molecule has 0 amide bonds. The van der Waals surface area contributed by atoms with E-state index in [9.17, 15) is 4.79 Å². The van der Waals surface area contributed by atoms with Crippen molar-refractivity contribution in [3.8, 4) is 28.4 Å². The number of rotatable bonds is 4. The first-order chi connectivity index (χ1) is 12.3. The van der Waals surface area contributed by atoms with Crippen LogP contribution in [0.15, 0.2) is 53.3 Å². The summed E-state index contributed by atoms with van der Waals surface area (Å²) in [4.78, 5) is 12.0. The molecule has 3 rings (SSSR count). The average molecular weight is 352 g/mol. The fraction of sp³-hybridized carbons (Fsp3) is 0.286. The summed E-state index contributed by atoms with van der Waals surface area (Å²) >= 11 is 0. The Morgan fingerprint density at radius 3 is 2.12 bits per heavy atom. The first kappa shape index (κ1) is 17.9. The molecule has 136 valence electrons. The lowest BCUT2D eigenvalue weighted by atomic mass is 9.87. The van der Waals surface area contributed by atoms with E-state index in [0.717, 1.165) is 16.9 Å². The van der Waals surface area contributed by atoms with Gasteiger partial charge in [-0.05, 0) is 41.3 Å². The van der Waals surface area contributed by atoms with Crippen LogP contribution in [0.25, 0.3) is 16.9 Å². The standard InChI is InChI=1S/C21H24N2O3/c1-21(2,3)15-7-9-16(10-8-15)23-17(13-20(24)22-23)14-6-11-18(25-4)19(12-14)26-5/h6-13H,1-5H3,(H,22,24). The molecular formula is C21H24N2O3. The van der Waals surface area contributed by atoms with E-state index in [4.69, 9.17) is 9.47 Å². The lowest BCUT2D eigenvalue weighted by Crippen LogP contribution is -2.11. The number of nitrogens with one attached hydrogen (secondary N) is 1. The number of methoxy groups -OCH3 is 2. The molecule has 3 aromatic rings. The Balaban J connectivity index is 2.08. The fourth-order valence-corrected chi connectivity index (χ4v) is 2.91. The number of aromatic nitrogens is 2.